The molecule has 112 valence electrons. The summed E-state index contributed by atoms with van der Waals surface area (Å²) in [5, 5.41) is 3.37. The van der Waals surface area contributed by atoms with Gasteiger partial charge in [0.15, 0.2) is 0 Å². The molecule has 2 fully saturated rings. The van der Waals surface area contributed by atoms with Crippen molar-refractivity contribution in [2.24, 2.45) is 0 Å². The molecule has 0 aromatic carbocycles. The highest BCUT2D eigenvalue weighted by molar-refractivity contribution is 5.85. The zero-order valence-corrected chi connectivity index (χ0v) is 13.2. The lowest BCUT2D eigenvalue weighted by Crippen LogP contribution is -2.56. The van der Waals surface area contributed by atoms with Gasteiger partial charge in [0.25, 0.3) is 0 Å². The van der Waals surface area contributed by atoms with Gasteiger partial charge in [0.05, 0.1) is 6.54 Å². The molecular weight excluding hydrogens is 262 g/mol. The summed E-state index contributed by atoms with van der Waals surface area (Å²) in [6.45, 7) is 10.2. The van der Waals surface area contributed by atoms with Crippen LogP contribution in [0.1, 0.15) is 40.0 Å². The standard InChI is InChI=1S/C14H27N3O.ClH/c1-11-5-4-6-12(2)17(11)14(18)10-16-8-7-15-9-13(16)3;/h11-13,15H,4-10H2,1-3H3;1H. The van der Waals surface area contributed by atoms with E-state index >= 15 is 0 Å². The van der Waals surface area contributed by atoms with Gasteiger partial charge in [-0.15, -0.1) is 12.4 Å². The highest BCUT2D eigenvalue weighted by atomic mass is 35.5. The Kier molecular flexibility index (Phi) is 6.57. The fraction of sp³-hybridized carbons (Fsp3) is 0.929. The zero-order chi connectivity index (χ0) is 13.1. The van der Waals surface area contributed by atoms with Crippen molar-refractivity contribution in [2.75, 3.05) is 26.2 Å². The number of hydrogen-bond donors (Lipinski definition) is 1. The first-order chi connectivity index (χ1) is 8.59. The Morgan fingerprint density at radius 1 is 1.16 bits per heavy atom. The molecule has 2 rings (SSSR count). The van der Waals surface area contributed by atoms with Crippen molar-refractivity contribution in [3.05, 3.63) is 0 Å². The maximum Gasteiger partial charge on any atom is 0.237 e. The molecule has 0 aromatic rings. The number of carbonyl (C=O) groups excluding carboxylic acids is 1. The third-order valence-corrected chi connectivity index (χ3v) is 4.46. The highest BCUT2D eigenvalue weighted by Gasteiger charge is 2.30. The van der Waals surface area contributed by atoms with Gasteiger partial charge in [-0.25, -0.2) is 0 Å². The summed E-state index contributed by atoms with van der Waals surface area (Å²) in [4.78, 5) is 16.9. The topological polar surface area (TPSA) is 35.6 Å². The smallest absolute Gasteiger partial charge is 0.237 e. The molecule has 3 unspecified atom stereocenters. The van der Waals surface area contributed by atoms with Crippen molar-refractivity contribution in [1.29, 1.82) is 0 Å². The van der Waals surface area contributed by atoms with Crippen LogP contribution in [0.4, 0.5) is 0 Å². The molecule has 0 spiro atoms. The third kappa shape index (κ3) is 4.07. The summed E-state index contributed by atoms with van der Waals surface area (Å²) in [5.74, 6) is 0.323. The second-order valence-corrected chi connectivity index (χ2v) is 5.95. The van der Waals surface area contributed by atoms with Crippen molar-refractivity contribution in [1.82, 2.24) is 15.1 Å². The number of carbonyl (C=O) groups is 1. The molecule has 2 aliphatic rings. The fourth-order valence-corrected chi connectivity index (χ4v) is 3.29. The number of halogens is 1. The molecule has 2 heterocycles. The number of nitrogens with zero attached hydrogens (tertiary/aromatic N) is 2. The van der Waals surface area contributed by atoms with Crippen LogP contribution in [0.3, 0.4) is 0 Å². The minimum Gasteiger partial charge on any atom is -0.336 e. The first-order valence-electron chi connectivity index (χ1n) is 7.35. The average molecular weight is 290 g/mol. The summed E-state index contributed by atoms with van der Waals surface area (Å²) < 4.78 is 0. The predicted octanol–water partition coefficient (Wildman–Crippen LogP) is 1.49. The maximum absolute atomic E-state index is 12.5. The van der Waals surface area contributed by atoms with Gasteiger partial charge in [-0.1, -0.05) is 0 Å². The summed E-state index contributed by atoms with van der Waals surface area (Å²) in [7, 11) is 0. The number of nitrogens with one attached hydrogen (secondary N) is 1. The van der Waals surface area contributed by atoms with E-state index in [1.54, 1.807) is 0 Å². The Morgan fingerprint density at radius 2 is 1.79 bits per heavy atom. The van der Waals surface area contributed by atoms with E-state index < -0.39 is 0 Å². The number of piperazine rings is 1. The number of piperidine rings is 1. The number of hydrogen-bond acceptors (Lipinski definition) is 3. The third-order valence-electron chi connectivity index (χ3n) is 4.46. The maximum atomic E-state index is 12.5. The van der Waals surface area contributed by atoms with Crippen LogP contribution < -0.4 is 5.32 Å². The zero-order valence-electron chi connectivity index (χ0n) is 12.4. The number of amides is 1. The summed E-state index contributed by atoms with van der Waals surface area (Å²) in [5.41, 5.74) is 0. The Morgan fingerprint density at radius 3 is 2.37 bits per heavy atom. The molecule has 19 heavy (non-hydrogen) atoms. The van der Waals surface area contributed by atoms with Crippen LogP contribution in [-0.4, -0.2) is 60.0 Å². The van der Waals surface area contributed by atoms with E-state index in [1.807, 2.05) is 0 Å². The molecule has 0 radical (unpaired) electrons. The molecule has 0 saturated carbocycles. The Labute approximate surface area is 123 Å². The Bertz CT molecular complexity index is 290. The van der Waals surface area contributed by atoms with E-state index in [0.717, 1.165) is 32.5 Å². The molecule has 0 aliphatic carbocycles. The lowest BCUT2D eigenvalue weighted by atomic mass is 9.97. The largest absolute Gasteiger partial charge is 0.336 e. The summed E-state index contributed by atoms with van der Waals surface area (Å²) >= 11 is 0. The molecule has 5 heteroatoms. The predicted molar refractivity (Wildman–Crippen MR) is 80.8 cm³/mol. The van der Waals surface area contributed by atoms with Crippen molar-refractivity contribution >= 4 is 18.3 Å². The second-order valence-electron chi connectivity index (χ2n) is 5.95. The molecule has 1 N–H and O–H groups in total. The second kappa shape index (κ2) is 7.46. The lowest BCUT2D eigenvalue weighted by molar-refractivity contribution is -0.139. The normalized spacial score (nSPS) is 32.8. The van der Waals surface area contributed by atoms with Crippen molar-refractivity contribution in [3.63, 3.8) is 0 Å². The van der Waals surface area contributed by atoms with E-state index in [0.29, 0.717) is 30.6 Å². The SMILES string of the molecule is CC1CNCCN1CC(=O)N1C(C)CCCC1C.Cl. The Balaban J connectivity index is 0.00000180. The monoisotopic (exact) mass is 289 g/mol. The van der Waals surface area contributed by atoms with E-state index in [-0.39, 0.29) is 12.4 Å². The summed E-state index contributed by atoms with van der Waals surface area (Å²) in [6.07, 6.45) is 3.58. The number of rotatable bonds is 2. The van der Waals surface area contributed by atoms with Gasteiger partial charge in [-0.05, 0) is 40.0 Å². The lowest BCUT2D eigenvalue weighted by Gasteiger charge is -2.41. The van der Waals surface area contributed by atoms with E-state index in [9.17, 15) is 4.79 Å². The van der Waals surface area contributed by atoms with Gasteiger partial charge >= 0.3 is 0 Å². The van der Waals surface area contributed by atoms with Crippen molar-refractivity contribution in [2.45, 2.75) is 58.2 Å². The minimum atomic E-state index is 0. The first kappa shape index (κ1) is 16.7. The first-order valence-corrected chi connectivity index (χ1v) is 7.35. The van der Waals surface area contributed by atoms with Gasteiger partial charge in [-0.2, -0.15) is 0 Å². The van der Waals surface area contributed by atoms with E-state index in [1.165, 1.54) is 6.42 Å². The minimum absolute atomic E-state index is 0. The van der Waals surface area contributed by atoms with Gasteiger partial charge < -0.3 is 10.2 Å². The van der Waals surface area contributed by atoms with Gasteiger partial charge in [0, 0.05) is 37.8 Å². The van der Waals surface area contributed by atoms with Crippen LogP contribution >= 0.6 is 12.4 Å². The highest BCUT2D eigenvalue weighted by Crippen LogP contribution is 2.22. The molecule has 3 atom stereocenters. The van der Waals surface area contributed by atoms with Crippen LogP contribution in [0.15, 0.2) is 0 Å². The van der Waals surface area contributed by atoms with Crippen LogP contribution in [0.25, 0.3) is 0 Å². The molecule has 0 bridgehead atoms. The van der Waals surface area contributed by atoms with Crippen molar-refractivity contribution < 1.29 is 4.79 Å². The molecule has 2 saturated heterocycles. The Hall–Kier alpha value is -0.320. The average Bonchev–Trinajstić information content (AvgIpc) is 2.32. The van der Waals surface area contributed by atoms with Crippen LogP contribution in [0.5, 0.6) is 0 Å². The molecular formula is C14H28ClN3O. The van der Waals surface area contributed by atoms with Crippen LogP contribution in [-0.2, 0) is 4.79 Å². The van der Waals surface area contributed by atoms with Gasteiger partial charge in [0.2, 0.25) is 5.91 Å². The quantitative estimate of drug-likeness (QED) is 0.837. The molecule has 2 aliphatic heterocycles. The fourth-order valence-electron chi connectivity index (χ4n) is 3.29. The molecule has 0 aromatic heterocycles. The van der Waals surface area contributed by atoms with Crippen LogP contribution in [0.2, 0.25) is 0 Å². The van der Waals surface area contributed by atoms with Crippen LogP contribution in [0, 0.1) is 0 Å². The van der Waals surface area contributed by atoms with Crippen molar-refractivity contribution in [3.8, 4) is 0 Å². The summed E-state index contributed by atoms with van der Waals surface area (Å²) in [6, 6.07) is 1.30. The van der Waals surface area contributed by atoms with Gasteiger partial charge in [0.1, 0.15) is 0 Å². The van der Waals surface area contributed by atoms with E-state index in [2.05, 4.69) is 35.9 Å². The molecule has 4 nitrogen and oxygen atoms in total. The van der Waals surface area contributed by atoms with Gasteiger partial charge in [-0.3, -0.25) is 9.69 Å². The molecule has 1 amide bonds. The van der Waals surface area contributed by atoms with E-state index in [4.69, 9.17) is 0 Å². The number of likely N-dealkylation sites (tertiary alicyclic amines) is 1.